The second kappa shape index (κ2) is 7.98. The van der Waals surface area contributed by atoms with Gasteiger partial charge in [-0.15, -0.1) is 10.2 Å². The van der Waals surface area contributed by atoms with Gasteiger partial charge < -0.3 is 13.7 Å². The van der Waals surface area contributed by atoms with Gasteiger partial charge in [0.05, 0.1) is 5.69 Å². The van der Waals surface area contributed by atoms with E-state index >= 15 is 0 Å². The molecule has 0 fully saturated rings. The number of carbonyl (C=O) groups excluding carboxylic acids is 1. The van der Waals surface area contributed by atoms with Gasteiger partial charge in [0.15, 0.2) is 6.61 Å². The molecule has 0 bridgehead atoms. The van der Waals surface area contributed by atoms with E-state index in [0.29, 0.717) is 28.3 Å². The molecule has 0 N–H and O–H groups in total. The topological polar surface area (TPSA) is 126 Å². The van der Waals surface area contributed by atoms with Gasteiger partial charge in [-0.05, 0) is 26.3 Å². The highest BCUT2D eigenvalue weighted by atomic mass is 16.5. The molecule has 0 unspecified atom stereocenters. The number of carbonyl (C=O) groups is 1. The average molecular weight is 421 g/mol. The van der Waals surface area contributed by atoms with Crippen molar-refractivity contribution in [2.24, 2.45) is 7.05 Å². The summed E-state index contributed by atoms with van der Waals surface area (Å²) in [5, 5.41) is 16.1. The van der Waals surface area contributed by atoms with Crippen LogP contribution in [0.5, 0.6) is 0 Å². The molecule has 31 heavy (non-hydrogen) atoms. The summed E-state index contributed by atoms with van der Waals surface area (Å²) >= 11 is 0. The first-order chi connectivity index (χ1) is 14.9. The Bertz CT molecular complexity index is 1320. The third-order valence-electron chi connectivity index (χ3n) is 4.85. The lowest BCUT2D eigenvalue weighted by atomic mass is 10.1. The molecule has 1 aromatic carbocycles. The van der Waals surface area contributed by atoms with E-state index in [-0.39, 0.29) is 24.0 Å². The molecular weight excluding hydrogens is 402 g/mol. The number of hydrogen-bond acceptors (Lipinski definition) is 9. The second-order valence-corrected chi connectivity index (χ2v) is 6.92. The van der Waals surface area contributed by atoms with Crippen molar-refractivity contribution in [3.8, 4) is 22.7 Å². The molecule has 0 saturated carbocycles. The van der Waals surface area contributed by atoms with E-state index in [0.717, 1.165) is 10.2 Å². The van der Waals surface area contributed by atoms with Crippen molar-refractivity contribution in [2.45, 2.75) is 27.4 Å². The van der Waals surface area contributed by atoms with Crippen molar-refractivity contribution < 1.29 is 18.5 Å². The van der Waals surface area contributed by atoms with Gasteiger partial charge in [-0.25, -0.2) is 9.48 Å². The van der Waals surface area contributed by atoms with Crippen LogP contribution in [0.15, 0.2) is 44.1 Å². The summed E-state index contributed by atoms with van der Waals surface area (Å²) in [6, 6.07) is 9.44. The summed E-state index contributed by atoms with van der Waals surface area (Å²) in [7, 11) is 1.47. The van der Waals surface area contributed by atoms with E-state index in [9.17, 15) is 9.59 Å². The molecule has 10 nitrogen and oxygen atoms in total. The second-order valence-electron chi connectivity index (χ2n) is 6.92. The van der Waals surface area contributed by atoms with E-state index in [1.54, 1.807) is 20.8 Å². The number of aromatic nitrogens is 5. The van der Waals surface area contributed by atoms with Crippen molar-refractivity contribution >= 4 is 5.97 Å². The Hall–Kier alpha value is -4.08. The molecule has 0 spiro atoms. The zero-order valence-corrected chi connectivity index (χ0v) is 17.4. The fraction of sp³-hybridized carbons (Fsp3) is 0.238. The summed E-state index contributed by atoms with van der Waals surface area (Å²) in [5.74, 6) is -0.00867. The minimum Gasteiger partial charge on any atom is -0.452 e. The summed E-state index contributed by atoms with van der Waals surface area (Å²) in [4.78, 5) is 24.8. The Morgan fingerprint density at radius 2 is 1.87 bits per heavy atom. The molecule has 0 aliphatic carbocycles. The van der Waals surface area contributed by atoms with E-state index in [1.165, 1.54) is 7.05 Å². The number of nitrogens with zero attached hydrogens (tertiary/aromatic N) is 5. The monoisotopic (exact) mass is 421 g/mol. The van der Waals surface area contributed by atoms with Crippen LogP contribution in [0.4, 0.5) is 0 Å². The van der Waals surface area contributed by atoms with Gasteiger partial charge in [0, 0.05) is 12.6 Å². The van der Waals surface area contributed by atoms with Crippen LogP contribution in [0.2, 0.25) is 0 Å². The van der Waals surface area contributed by atoms with Crippen LogP contribution in [0.3, 0.4) is 0 Å². The number of ether oxygens (including phenoxy) is 1. The quantitative estimate of drug-likeness (QED) is 0.447. The van der Waals surface area contributed by atoms with Gasteiger partial charge in [0.25, 0.3) is 17.3 Å². The first-order valence-corrected chi connectivity index (χ1v) is 9.43. The summed E-state index contributed by atoms with van der Waals surface area (Å²) in [6.45, 7) is 4.80. The fourth-order valence-electron chi connectivity index (χ4n) is 3.12. The van der Waals surface area contributed by atoms with E-state index in [4.69, 9.17) is 13.7 Å². The van der Waals surface area contributed by atoms with Crippen LogP contribution >= 0.6 is 0 Å². The molecule has 4 aromatic rings. The number of esters is 1. The molecule has 3 aromatic heterocycles. The highest BCUT2D eigenvalue weighted by Crippen LogP contribution is 2.33. The molecule has 0 aliphatic heterocycles. The largest absolute Gasteiger partial charge is 0.452 e. The third-order valence-corrected chi connectivity index (χ3v) is 4.85. The first-order valence-electron chi connectivity index (χ1n) is 9.43. The van der Waals surface area contributed by atoms with Crippen molar-refractivity contribution in [1.82, 2.24) is 25.1 Å². The van der Waals surface area contributed by atoms with E-state index in [1.807, 2.05) is 30.3 Å². The molecular formula is C21H19N5O5. The molecule has 0 amide bonds. The van der Waals surface area contributed by atoms with Gasteiger partial charge >= 0.3 is 5.97 Å². The standard InChI is InChI=1S/C21H19N5O5/c1-11-12(2)24-26(4)20(27)16(11)21(28)29-10-15-22-23-19(30-15)17-13(3)31-25-18(17)14-8-6-5-7-9-14/h5-9H,10H2,1-4H3. The van der Waals surface area contributed by atoms with E-state index < -0.39 is 11.5 Å². The van der Waals surface area contributed by atoms with Crippen LogP contribution in [0, 0.1) is 20.8 Å². The maximum absolute atomic E-state index is 12.5. The summed E-state index contributed by atoms with van der Waals surface area (Å²) in [5.41, 5.74) is 2.38. The normalized spacial score (nSPS) is 11.0. The van der Waals surface area contributed by atoms with Gasteiger partial charge in [0.2, 0.25) is 0 Å². The number of hydrogen-bond donors (Lipinski definition) is 0. The summed E-state index contributed by atoms with van der Waals surface area (Å²) in [6.07, 6.45) is 0. The van der Waals surface area contributed by atoms with Crippen LogP contribution in [0.1, 0.15) is 33.3 Å². The van der Waals surface area contributed by atoms with Crippen molar-refractivity contribution in [3.05, 3.63) is 69.2 Å². The van der Waals surface area contributed by atoms with Gasteiger partial charge in [-0.3, -0.25) is 4.79 Å². The Morgan fingerprint density at radius 1 is 1.13 bits per heavy atom. The lowest BCUT2D eigenvalue weighted by Crippen LogP contribution is -2.29. The molecule has 10 heteroatoms. The molecule has 3 heterocycles. The summed E-state index contributed by atoms with van der Waals surface area (Å²) < 4.78 is 17.3. The third kappa shape index (κ3) is 3.75. The number of benzene rings is 1. The zero-order chi connectivity index (χ0) is 22.1. The molecule has 4 rings (SSSR count). The Labute approximate surface area is 176 Å². The maximum atomic E-state index is 12.5. The molecule has 0 atom stereocenters. The van der Waals surface area contributed by atoms with Crippen molar-refractivity contribution in [2.75, 3.05) is 0 Å². The van der Waals surface area contributed by atoms with Crippen LogP contribution < -0.4 is 5.56 Å². The fourth-order valence-corrected chi connectivity index (χ4v) is 3.12. The first kappa shape index (κ1) is 20.2. The highest BCUT2D eigenvalue weighted by molar-refractivity contribution is 5.90. The molecule has 158 valence electrons. The van der Waals surface area contributed by atoms with Gasteiger partial charge in [-0.2, -0.15) is 5.10 Å². The van der Waals surface area contributed by atoms with Crippen LogP contribution in [-0.4, -0.2) is 31.1 Å². The van der Waals surface area contributed by atoms with Gasteiger partial charge in [-0.1, -0.05) is 35.5 Å². The molecule has 0 radical (unpaired) electrons. The molecule has 0 aliphatic rings. The predicted octanol–water partition coefficient (Wildman–Crippen LogP) is 2.77. The van der Waals surface area contributed by atoms with Crippen LogP contribution in [0.25, 0.3) is 22.7 Å². The molecule has 0 saturated heterocycles. The minimum atomic E-state index is -0.783. The smallest absolute Gasteiger partial charge is 0.344 e. The number of rotatable bonds is 5. The predicted molar refractivity (Wildman–Crippen MR) is 108 cm³/mol. The lowest BCUT2D eigenvalue weighted by Gasteiger charge is -2.08. The minimum absolute atomic E-state index is 0.0724. The Balaban J connectivity index is 1.57. The van der Waals surface area contributed by atoms with Crippen LogP contribution in [-0.2, 0) is 18.4 Å². The number of aryl methyl sites for hydroxylation is 3. The Kier molecular flexibility index (Phi) is 5.20. The lowest BCUT2D eigenvalue weighted by molar-refractivity contribution is 0.0434. The van der Waals surface area contributed by atoms with Crippen molar-refractivity contribution in [1.29, 1.82) is 0 Å². The average Bonchev–Trinajstić information content (AvgIpc) is 3.38. The SMILES string of the molecule is Cc1nn(C)c(=O)c(C(=O)OCc2nnc(-c3c(-c4ccccc4)noc3C)o2)c1C. The Morgan fingerprint density at radius 3 is 2.61 bits per heavy atom. The zero-order valence-electron chi connectivity index (χ0n) is 17.4. The highest BCUT2D eigenvalue weighted by Gasteiger charge is 2.23. The maximum Gasteiger partial charge on any atom is 0.344 e. The van der Waals surface area contributed by atoms with E-state index in [2.05, 4.69) is 20.5 Å². The van der Waals surface area contributed by atoms with Crippen molar-refractivity contribution in [3.63, 3.8) is 0 Å². The van der Waals surface area contributed by atoms with Gasteiger partial charge in [0.1, 0.15) is 22.6 Å².